The van der Waals surface area contributed by atoms with Gasteiger partial charge in [-0.25, -0.2) is 0 Å². The smallest absolute Gasteiger partial charge is 0.0507 e. The van der Waals surface area contributed by atoms with E-state index in [-0.39, 0.29) is 0 Å². The van der Waals surface area contributed by atoms with E-state index in [0.717, 1.165) is 21.2 Å². The SMILES string of the molecule is Nc1c(Br)cc(Br)cc1[C@@H]1CCN1. The number of anilines is 1. The third kappa shape index (κ3) is 1.75. The zero-order valence-electron chi connectivity index (χ0n) is 6.98. The van der Waals surface area contributed by atoms with Crippen molar-refractivity contribution < 1.29 is 0 Å². The fourth-order valence-corrected chi connectivity index (χ4v) is 2.71. The molecule has 1 fully saturated rings. The molecule has 0 amide bonds. The van der Waals surface area contributed by atoms with E-state index in [1.807, 2.05) is 6.07 Å². The standard InChI is InChI=1S/C9H10Br2N2/c10-5-3-6(8-1-2-13-8)9(12)7(11)4-5/h3-4,8,13H,1-2,12H2/t8-/m0/s1. The van der Waals surface area contributed by atoms with Crippen LogP contribution in [0.25, 0.3) is 0 Å². The average molecular weight is 306 g/mol. The lowest BCUT2D eigenvalue weighted by molar-refractivity contribution is 0.384. The molecule has 2 nitrogen and oxygen atoms in total. The second kappa shape index (κ2) is 3.59. The van der Waals surface area contributed by atoms with Crippen LogP contribution in [-0.4, -0.2) is 6.54 Å². The van der Waals surface area contributed by atoms with Crippen molar-refractivity contribution in [2.24, 2.45) is 0 Å². The van der Waals surface area contributed by atoms with E-state index in [4.69, 9.17) is 5.73 Å². The summed E-state index contributed by atoms with van der Waals surface area (Å²) in [5, 5.41) is 3.34. The summed E-state index contributed by atoms with van der Waals surface area (Å²) >= 11 is 6.89. The molecule has 0 aliphatic carbocycles. The summed E-state index contributed by atoms with van der Waals surface area (Å²) in [6.07, 6.45) is 1.17. The van der Waals surface area contributed by atoms with Crippen molar-refractivity contribution in [1.29, 1.82) is 0 Å². The van der Waals surface area contributed by atoms with Crippen LogP contribution in [0.5, 0.6) is 0 Å². The van der Waals surface area contributed by atoms with Gasteiger partial charge in [-0.15, -0.1) is 0 Å². The Kier molecular flexibility index (Phi) is 2.62. The van der Waals surface area contributed by atoms with Gasteiger partial charge in [-0.1, -0.05) is 15.9 Å². The molecular formula is C9H10Br2N2. The van der Waals surface area contributed by atoms with Crippen molar-refractivity contribution in [3.63, 3.8) is 0 Å². The first-order chi connectivity index (χ1) is 6.18. The van der Waals surface area contributed by atoms with Gasteiger partial charge in [0.15, 0.2) is 0 Å². The number of benzene rings is 1. The minimum Gasteiger partial charge on any atom is -0.398 e. The van der Waals surface area contributed by atoms with Crippen LogP contribution in [0.1, 0.15) is 18.0 Å². The van der Waals surface area contributed by atoms with Crippen LogP contribution in [-0.2, 0) is 0 Å². The predicted molar refractivity (Wildman–Crippen MR) is 61.6 cm³/mol. The van der Waals surface area contributed by atoms with Gasteiger partial charge in [-0.05, 0) is 46.6 Å². The molecule has 3 N–H and O–H groups in total. The zero-order chi connectivity index (χ0) is 9.42. The van der Waals surface area contributed by atoms with Gasteiger partial charge in [-0.2, -0.15) is 0 Å². The first kappa shape index (κ1) is 9.49. The number of nitrogens with one attached hydrogen (secondary N) is 1. The van der Waals surface area contributed by atoms with E-state index >= 15 is 0 Å². The van der Waals surface area contributed by atoms with Crippen molar-refractivity contribution in [3.8, 4) is 0 Å². The molecule has 1 aromatic carbocycles. The normalized spacial score (nSPS) is 21.2. The van der Waals surface area contributed by atoms with Crippen LogP contribution in [0, 0.1) is 0 Å². The maximum absolute atomic E-state index is 5.95. The quantitative estimate of drug-likeness (QED) is 0.783. The topological polar surface area (TPSA) is 38.0 Å². The highest BCUT2D eigenvalue weighted by molar-refractivity contribution is 9.11. The molecule has 0 aromatic heterocycles. The van der Waals surface area contributed by atoms with Gasteiger partial charge in [0.25, 0.3) is 0 Å². The van der Waals surface area contributed by atoms with Crippen molar-refractivity contribution >= 4 is 37.5 Å². The van der Waals surface area contributed by atoms with Crippen LogP contribution >= 0.6 is 31.9 Å². The summed E-state index contributed by atoms with van der Waals surface area (Å²) < 4.78 is 2.03. The highest BCUT2D eigenvalue weighted by atomic mass is 79.9. The second-order valence-electron chi connectivity index (χ2n) is 3.19. The zero-order valence-corrected chi connectivity index (χ0v) is 10.2. The average Bonchev–Trinajstić information content (AvgIpc) is 1.95. The minimum absolute atomic E-state index is 0.439. The number of halogens is 2. The van der Waals surface area contributed by atoms with Gasteiger partial charge in [0.2, 0.25) is 0 Å². The van der Waals surface area contributed by atoms with Gasteiger partial charge in [0.1, 0.15) is 0 Å². The number of hydrogen-bond donors (Lipinski definition) is 2. The molecule has 1 heterocycles. The van der Waals surface area contributed by atoms with Gasteiger partial charge < -0.3 is 11.1 Å². The Morgan fingerprint density at radius 2 is 2.08 bits per heavy atom. The maximum Gasteiger partial charge on any atom is 0.0507 e. The Hall–Kier alpha value is -0.0600. The molecule has 70 valence electrons. The summed E-state index contributed by atoms with van der Waals surface area (Å²) in [5.74, 6) is 0. The van der Waals surface area contributed by atoms with Crippen LogP contribution in [0.2, 0.25) is 0 Å². The fourth-order valence-electron chi connectivity index (χ4n) is 1.45. The molecular weight excluding hydrogens is 296 g/mol. The molecule has 1 atom stereocenters. The van der Waals surface area contributed by atoms with Crippen molar-refractivity contribution in [1.82, 2.24) is 5.32 Å². The van der Waals surface area contributed by atoms with Crippen LogP contribution < -0.4 is 11.1 Å². The summed E-state index contributed by atoms with van der Waals surface area (Å²) in [7, 11) is 0. The Labute approximate surface area is 94.1 Å². The van der Waals surface area contributed by atoms with Gasteiger partial charge >= 0.3 is 0 Å². The highest BCUT2D eigenvalue weighted by Gasteiger charge is 2.21. The van der Waals surface area contributed by atoms with E-state index in [1.165, 1.54) is 12.0 Å². The van der Waals surface area contributed by atoms with E-state index < -0.39 is 0 Å². The van der Waals surface area contributed by atoms with Crippen molar-refractivity contribution in [3.05, 3.63) is 26.6 Å². The lowest BCUT2D eigenvalue weighted by Gasteiger charge is -2.29. The second-order valence-corrected chi connectivity index (χ2v) is 4.96. The van der Waals surface area contributed by atoms with Gasteiger partial charge in [-0.3, -0.25) is 0 Å². The minimum atomic E-state index is 0.439. The monoisotopic (exact) mass is 304 g/mol. The molecule has 0 unspecified atom stereocenters. The maximum atomic E-state index is 5.95. The summed E-state index contributed by atoms with van der Waals surface area (Å²) in [6.45, 7) is 1.09. The first-order valence-electron chi connectivity index (χ1n) is 4.16. The number of hydrogen-bond acceptors (Lipinski definition) is 2. The molecule has 4 heteroatoms. The predicted octanol–water partition coefficient (Wildman–Crippen LogP) is 2.83. The molecule has 13 heavy (non-hydrogen) atoms. The van der Waals surface area contributed by atoms with Crippen molar-refractivity contribution in [2.45, 2.75) is 12.5 Å². The van der Waals surface area contributed by atoms with E-state index in [1.54, 1.807) is 0 Å². The Morgan fingerprint density at radius 3 is 2.62 bits per heavy atom. The molecule has 0 bridgehead atoms. The number of nitrogens with two attached hydrogens (primary N) is 1. The summed E-state index contributed by atoms with van der Waals surface area (Å²) in [4.78, 5) is 0. The fraction of sp³-hybridized carbons (Fsp3) is 0.333. The van der Waals surface area contributed by atoms with Gasteiger partial charge in [0, 0.05) is 15.0 Å². The third-order valence-electron chi connectivity index (χ3n) is 2.33. The Balaban J connectivity index is 2.42. The molecule has 1 aliphatic heterocycles. The molecule has 1 aromatic rings. The van der Waals surface area contributed by atoms with Gasteiger partial charge in [0.05, 0.1) is 5.69 Å². The third-order valence-corrected chi connectivity index (χ3v) is 3.44. The van der Waals surface area contributed by atoms with E-state index in [9.17, 15) is 0 Å². The van der Waals surface area contributed by atoms with Crippen LogP contribution in [0.15, 0.2) is 21.1 Å². The summed E-state index contributed by atoms with van der Waals surface area (Å²) in [5.41, 5.74) is 7.99. The molecule has 1 aliphatic rings. The summed E-state index contributed by atoms with van der Waals surface area (Å²) in [6, 6.07) is 4.49. The lowest BCUT2D eigenvalue weighted by atomic mass is 9.97. The van der Waals surface area contributed by atoms with Crippen LogP contribution in [0.3, 0.4) is 0 Å². The molecule has 0 saturated carbocycles. The molecule has 1 saturated heterocycles. The van der Waals surface area contributed by atoms with Crippen LogP contribution in [0.4, 0.5) is 5.69 Å². The molecule has 0 radical (unpaired) electrons. The molecule has 2 rings (SSSR count). The van der Waals surface area contributed by atoms with E-state index in [2.05, 4.69) is 43.2 Å². The van der Waals surface area contributed by atoms with Crippen molar-refractivity contribution in [2.75, 3.05) is 12.3 Å². The Bertz CT molecular complexity index is 335. The van der Waals surface area contributed by atoms with E-state index in [0.29, 0.717) is 6.04 Å². The lowest BCUT2D eigenvalue weighted by Crippen LogP contribution is -2.35. The number of nitrogen functional groups attached to an aromatic ring is 1. The highest BCUT2D eigenvalue weighted by Crippen LogP contribution is 2.35. The number of rotatable bonds is 1. The first-order valence-corrected chi connectivity index (χ1v) is 5.75. The molecule has 0 spiro atoms. The Morgan fingerprint density at radius 1 is 1.38 bits per heavy atom. The largest absolute Gasteiger partial charge is 0.398 e.